The van der Waals surface area contributed by atoms with Crippen LogP contribution in [0.1, 0.15) is 11.1 Å². The average Bonchev–Trinajstić information content (AvgIpc) is 2.99. The molecular formula is C18H17F2NO3. The normalized spacial score (nSPS) is 13.1. The first kappa shape index (κ1) is 16.2. The van der Waals surface area contributed by atoms with Gasteiger partial charge in [-0.05, 0) is 36.2 Å². The first-order chi connectivity index (χ1) is 11.6. The van der Waals surface area contributed by atoms with Gasteiger partial charge in [0.1, 0.15) is 11.5 Å². The third-order valence-corrected chi connectivity index (χ3v) is 4.01. The van der Waals surface area contributed by atoms with Gasteiger partial charge in [0.25, 0.3) is 0 Å². The number of rotatable bonds is 5. The van der Waals surface area contributed by atoms with E-state index < -0.39 is 6.61 Å². The van der Waals surface area contributed by atoms with Gasteiger partial charge < -0.3 is 14.4 Å². The molecule has 0 radical (unpaired) electrons. The Labute approximate surface area is 138 Å². The molecule has 0 atom stereocenters. The SMILES string of the molecule is COc1ccc2c(c1)CCN2C(=O)Cc1ccccc1OC(F)F. The Hall–Kier alpha value is -2.63. The molecule has 2 aromatic carbocycles. The summed E-state index contributed by atoms with van der Waals surface area (Å²) in [5.74, 6) is 0.637. The second-order valence-corrected chi connectivity index (χ2v) is 5.45. The smallest absolute Gasteiger partial charge is 0.387 e. The topological polar surface area (TPSA) is 38.8 Å². The molecule has 1 aliphatic rings. The van der Waals surface area contributed by atoms with Crippen molar-refractivity contribution in [2.24, 2.45) is 0 Å². The van der Waals surface area contributed by atoms with E-state index in [1.165, 1.54) is 6.07 Å². The molecule has 0 aliphatic carbocycles. The van der Waals surface area contributed by atoms with Crippen LogP contribution in [0.15, 0.2) is 42.5 Å². The van der Waals surface area contributed by atoms with E-state index in [2.05, 4.69) is 4.74 Å². The van der Waals surface area contributed by atoms with Crippen molar-refractivity contribution in [1.29, 1.82) is 0 Å². The summed E-state index contributed by atoms with van der Waals surface area (Å²) in [5, 5.41) is 0. The molecule has 1 heterocycles. The molecule has 126 valence electrons. The van der Waals surface area contributed by atoms with Gasteiger partial charge in [0, 0.05) is 17.8 Å². The summed E-state index contributed by atoms with van der Waals surface area (Å²) in [7, 11) is 1.60. The summed E-state index contributed by atoms with van der Waals surface area (Å²) in [5.41, 5.74) is 2.33. The fraction of sp³-hybridized carbons (Fsp3) is 0.278. The van der Waals surface area contributed by atoms with E-state index in [1.54, 1.807) is 36.3 Å². The lowest BCUT2D eigenvalue weighted by Gasteiger charge is -2.18. The van der Waals surface area contributed by atoms with Crippen LogP contribution in [0.5, 0.6) is 11.5 Å². The number of para-hydroxylation sites is 1. The second kappa shape index (κ2) is 6.86. The van der Waals surface area contributed by atoms with Crippen LogP contribution in [0, 0.1) is 0 Å². The van der Waals surface area contributed by atoms with Gasteiger partial charge in [0.15, 0.2) is 0 Å². The highest BCUT2D eigenvalue weighted by Gasteiger charge is 2.25. The second-order valence-electron chi connectivity index (χ2n) is 5.45. The van der Waals surface area contributed by atoms with Gasteiger partial charge in [-0.3, -0.25) is 4.79 Å². The minimum atomic E-state index is -2.92. The van der Waals surface area contributed by atoms with Crippen molar-refractivity contribution < 1.29 is 23.0 Å². The number of hydrogen-bond donors (Lipinski definition) is 0. The summed E-state index contributed by atoms with van der Waals surface area (Å²) in [4.78, 5) is 14.3. The molecule has 1 amide bonds. The zero-order valence-electron chi connectivity index (χ0n) is 13.2. The van der Waals surface area contributed by atoms with Gasteiger partial charge in [0.05, 0.1) is 13.5 Å². The molecular weight excluding hydrogens is 316 g/mol. The van der Waals surface area contributed by atoms with E-state index >= 15 is 0 Å². The molecule has 0 saturated carbocycles. The molecule has 0 unspecified atom stereocenters. The quantitative estimate of drug-likeness (QED) is 0.841. The lowest BCUT2D eigenvalue weighted by molar-refractivity contribution is -0.118. The fourth-order valence-electron chi connectivity index (χ4n) is 2.88. The van der Waals surface area contributed by atoms with Gasteiger partial charge in [0.2, 0.25) is 5.91 Å². The zero-order chi connectivity index (χ0) is 17.1. The standard InChI is InChI=1S/C18H17F2NO3/c1-23-14-6-7-15-12(10-14)8-9-21(15)17(22)11-13-4-2-3-5-16(13)24-18(19)20/h2-7,10,18H,8-9,11H2,1H3. The third kappa shape index (κ3) is 3.32. The Bertz CT molecular complexity index is 749. The van der Waals surface area contributed by atoms with Crippen molar-refractivity contribution in [2.75, 3.05) is 18.6 Å². The van der Waals surface area contributed by atoms with Gasteiger partial charge in [-0.2, -0.15) is 8.78 Å². The molecule has 6 heteroatoms. The predicted molar refractivity (Wildman–Crippen MR) is 85.8 cm³/mol. The van der Waals surface area contributed by atoms with Gasteiger partial charge in [-0.25, -0.2) is 0 Å². The largest absolute Gasteiger partial charge is 0.497 e. The van der Waals surface area contributed by atoms with Crippen molar-refractivity contribution in [3.05, 3.63) is 53.6 Å². The van der Waals surface area contributed by atoms with Crippen LogP contribution in [0.4, 0.5) is 14.5 Å². The lowest BCUT2D eigenvalue weighted by atomic mass is 10.1. The number of anilines is 1. The Morgan fingerprint density at radius 3 is 2.79 bits per heavy atom. The van der Waals surface area contributed by atoms with E-state index in [4.69, 9.17) is 4.74 Å². The molecule has 24 heavy (non-hydrogen) atoms. The molecule has 0 bridgehead atoms. The number of nitrogens with zero attached hydrogens (tertiary/aromatic N) is 1. The number of alkyl halides is 2. The zero-order valence-corrected chi connectivity index (χ0v) is 13.2. The van der Waals surface area contributed by atoms with Gasteiger partial charge in [-0.15, -0.1) is 0 Å². The number of carbonyl (C=O) groups excluding carboxylic acids is 1. The van der Waals surface area contributed by atoms with Crippen LogP contribution >= 0.6 is 0 Å². The highest BCUT2D eigenvalue weighted by Crippen LogP contribution is 2.32. The number of methoxy groups -OCH3 is 1. The highest BCUT2D eigenvalue weighted by molar-refractivity contribution is 5.97. The van der Waals surface area contributed by atoms with Crippen molar-refractivity contribution in [3.8, 4) is 11.5 Å². The van der Waals surface area contributed by atoms with Crippen LogP contribution in [-0.4, -0.2) is 26.2 Å². The summed E-state index contributed by atoms with van der Waals surface area (Å²) in [6, 6.07) is 11.9. The van der Waals surface area contributed by atoms with Crippen LogP contribution in [0.2, 0.25) is 0 Å². The third-order valence-electron chi connectivity index (χ3n) is 4.01. The van der Waals surface area contributed by atoms with Gasteiger partial charge >= 0.3 is 6.61 Å². The Morgan fingerprint density at radius 2 is 2.04 bits per heavy atom. The first-order valence-corrected chi connectivity index (χ1v) is 7.58. The van der Waals surface area contributed by atoms with E-state index in [0.717, 1.165) is 23.4 Å². The lowest BCUT2D eigenvalue weighted by Crippen LogP contribution is -2.30. The maximum atomic E-state index is 12.6. The number of carbonyl (C=O) groups is 1. The molecule has 0 fully saturated rings. The van der Waals surface area contributed by atoms with Gasteiger partial charge in [-0.1, -0.05) is 18.2 Å². The number of halogens is 2. The number of amides is 1. The number of hydrogen-bond acceptors (Lipinski definition) is 3. The molecule has 3 rings (SSSR count). The summed E-state index contributed by atoms with van der Waals surface area (Å²) >= 11 is 0. The number of ether oxygens (including phenoxy) is 2. The number of fused-ring (bicyclic) bond motifs is 1. The molecule has 0 aromatic heterocycles. The molecule has 4 nitrogen and oxygen atoms in total. The van der Waals surface area contributed by atoms with Crippen LogP contribution in [0.3, 0.4) is 0 Å². The molecule has 0 N–H and O–H groups in total. The molecule has 2 aromatic rings. The van der Waals surface area contributed by atoms with Crippen LogP contribution < -0.4 is 14.4 Å². The number of benzene rings is 2. The van der Waals surface area contributed by atoms with Crippen molar-refractivity contribution >= 4 is 11.6 Å². The first-order valence-electron chi connectivity index (χ1n) is 7.58. The van der Waals surface area contributed by atoms with E-state index in [0.29, 0.717) is 12.1 Å². The Kier molecular flexibility index (Phi) is 4.64. The van der Waals surface area contributed by atoms with E-state index in [1.807, 2.05) is 12.1 Å². The summed E-state index contributed by atoms with van der Waals surface area (Å²) in [6.07, 6.45) is 0.752. The van der Waals surface area contributed by atoms with Crippen molar-refractivity contribution in [3.63, 3.8) is 0 Å². The minimum absolute atomic E-state index is 0.00830. The van der Waals surface area contributed by atoms with Crippen LogP contribution in [0.25, 0.3) is 0 Å². The monoisotopic (exact) mass is 333 g/mol. The maximum Gasteiger partial charge on any atom is 0.387 e. The summed E-state index contributed by atoms with van der Waals surface area (Å²) < 4.78 is 34.6. The predicted octanol–water partition coefficient (Wildman–Crippen LogP) is 3.43. The average molecular weight is 333 g/mol. The minimum Gasteiger partial charge on any atom is -0.497 e. The fourth-order valence-corrected chi connectivity index (χ4v) is 2.88. The molecule has 1 aliphatic heterocycles. The highest BCUT2D eigenvalue weighted by atomic mass is 19.3. The summed E-state index contributed by atoms with van der Waals surface area (Å²) in [6.45, 7) is -2.35. The Balaban J connectivity index is 1.78. The van der Waals surface area contributed by atoms with Crippen molar-refractivity contribution in [2.45, 2.75) is 19.5 Å². The van der Waals surface area contributed by atoms with Crippen LogP contribution in [-0.2, 0) is 17.6 Å². The van der Waals surface area contributed by atoms with E-state index in [9.17, 15) is 13.6 Å². The van der Waals surface area contributed by atoms with E-state index in [-0.39, 0.29) is 18.1 Å². The molecule has 0 spiro atoms. The maximum absolute atomic E-state index is 12.6. The Morgan fingerprint density at radius 1 is 1.25 bits per heavy atom. The van der Waals surface area contributed by atoms with Crippen molar-refractivity contribution in [1.82, 2.24) is 0 Å². The molecule has 0 saturated heterocycles.